The number of likely N-dealkylation sites (N-methyl/N-ethyl adjacent to an activating group) is 1. The third kappa shape index (κ3) is 9.61. The van der Waals surface area contributed by atoms with E-state index in [4.69, 9.17) is 22.1 Å². The maximum atomic E-state index is 12.5. The molecule has 1 heterocycles. The number of nitrogens with one attached hydrogen (secondary N) is 4. The molecular formula is C23H38ClN8O3+. The average molecular weight is 510 g/mol. The van der Waals surface area contributed by atoms with Crippen molar-refractivity contribution in [2.75, 3.05) is 65.0 Å². The highest BCUT2D eigenvalue weighted by molar-refractivity contribution is 6.31. The van der Waals surface area contributed by atoms with Crippen LogP contribution in [0.2, 0.25) is 5.15 Å². The molecule has 0 unspecified atom stereocenters. The Bertz CT molecular complexity index is 962. The minimum atomic E-state index is -0.395. The molecule has 0 aromatic carbocycles. The number of hydrogen-bond donors (Lipinski definition) is 5. The van der Waals surface area contributed by atoms with E-state index in [1.54, 1.807) is 7.05 Å². The van der Waals surface area contributed by atoms with Gasteiger partial charge >= 0.3 is 6.03 Å². The number of anilines is 2. The quantitative estimate of drug-likeness (QED) is 0.271. The SMILES string of the molecule is CNc1nc(N)c(Cl)nc1C(=O)NCC[N+](C)(C)CCNC(=O)NC1=CC=C(OCC(C)C)CC1. The highest BCUT2D eigenvalue weighted by atomic mass is 35.5. The molecule has 0 spiro atoms. The molecule has 3 amide bonds. The maximum Gasteiger partial charge on any atom is 0.319 e. The van der Waals surface area contributed by atoms with Crippen LogP contribution >= 0.6 is 11.6 Å². The lowest BCUT2D eigenvalue weighted by atomic mass is 10.1. The van der Waals surface area contributed by atoms with Crippen LogP contribution in [0.1, 0.15) is 37.2 Å². The lowest BCUT2D eigenvalue weighted by Crippen LogP contribution is -2.50. The van der Waals surface area contributed by atoms with Gasteiger partial charge in [0.2, 0.25) is 0 Å². The lowest BCUT2D eigenvalue weighted by Gasteiger charge is -2.30. The Balaban J connectivity index is 1.72. The van der Waals surface area contributed by atoms with Crippen molar-refractivity contribution in [1.82, 2.24) is 25.9 Å². The second kappa shape index (κ2) is 13.1. The number of aromatic nitrogens is 2. The van der Waals surface area contributed by atoms with Crippen molar-refractivity contribution in [2.24, 2.45) is 5.92 Å². The summed E-state index contributed by atoms with van der Waals surface area (Å²) in [5, 5.41) is 11.4. The Morgan fingerprint density at radius 3 is 2.43 bits per heavy atom. The molecule has 0 radical (unpaired) electrons. The first-order valence-electron chi connectivity index (χ1n) is 11.7. The number of amides is 3. The van der Waals surface area contributed by atoms with E-state index < -0.39 is 5.91 Å². The second-order valence-corrected chi connectivity index (χ2v) is 9.75. The van der Waals surface area contributed by atoms with Gasteiger partial charge in [-0.15, -0.1) is 0 Å². The van der Waals surface area contributed by atoms with Gasteiger partial charge < -0.3 is 36.2 Å². The molecule has 0 bridgehead atoms. The van der Waals surface area contributed by atoms with Crippen molar-refractivity contribution < 1.29 is 18.8 Å². The fourth-order valence-corrected chi connectivity index (χ4v) is 3.33. The Morgan fingerprint density at radius 1 is 1.14 bits per heavy atom. The van der Waals surface area contributed by atoms with Crippen LogP contribution in [0.5, 0.6) is 0 Å². The molecule has 1 aliphatic carbocycles. The first-order chi connectivity index (χ1) is 16.5. The summed E-state index contributed by atoms with van der Waals surface area (Å²) in [5.74, 6) is 1.35. The fourth-order valence-electron chi connectivity index (χ4n) is 3.21. The fraction of sp³-hybridized carbons (Fsp3) is 0.565. The van der Waals surface area contributed by atoms with Gasteiger partial charge in [-0.1, -0.05) is 25.4 Å². The molecule has 0 saturated heterocycles. The standard InChI is InChI=1S/C23H37ClN8O3/c1-15(2)14-35-17-8-6-16(7-9-17)29-23(34)28-11-13-32(4,5)12-10-27-22(33)18-21(26-3)31-20(25)19(24)30-18/h6,8,15H,7,9-14H2,1-5H3,(H5-,25,26,27,28,29,31,33,34)/p+1. The molecule has 11 nitrogen and oxygen atoms in total. The van der Waals surface area contributed by atoms with Gasteiger partial charge in [0.1, 0.15) is 0 Å². The lowest BCUT2D eigenvalue weighted by molar-refractivity contribution is -0.887. The molecular weight excluding hydrogens is 472 g/mol. The molecule has 0 atom stereocenters. The number of nitrogens with zero attached hydrogens (tertiary/aromatic N) is 3. The van der Waals surface area contributed by atoms with Crippen molar-refractivity contribution >= 4 is 35.2 Å². The van der Waals surface area contributed by atoms with E-state index in [2.05, 4.69) is 45.1 Å². The number of halogens is 1. The smallest absolute Gasteiger partial charge is 0.319 e. The number of nitrogens with two attached hydrogens (primary N) is 1. The van der Waals surface area contributed by atoms with Gasteiger partial charge in [0, 0.05) is 19.2 Å². The molecule has 0 aliphatic heterocycles. The molecule has 194 valence electrons. The summed E-state index contributed by atoms with van der Waals surface area (Å²) in [7, 11) is 5.67. The normalized spacial score (nSPS) is 13.6. The van der Waals surface area contributed by atoms with Crippen LogP contribution in [0.3, 0.4) is 0 Å². The van der Waals surface area contributed by atoms with E-state index in [0.29, 0.717) is 43.2 Å². The summed E-state index contributed by atoms with van der Waals surface area (Å²) in [4.78, 5) is 32.8. The van der Waals surface area contributed by atoms with Gasteiger partial charge in [-0.25, -0.2) is 14.8 Å². The van der Waals surface area contributed by atoms with E-state index in [1.165, 1.54) is 0 Å². The summed E-state index contributed by atoms with van der Waals surface area (Å²) in [6.45, 7) is 7.15. The second-order valence-electron chi connectivity index (χ2n) is 9.40. The Kier molecular flexibility index (Phi) is 10.6. The van der Waals surface area contributed by atoms with Crippen LogP contribution in [-0.4, -0.2) is 80.3 Å². The van der Waals surface area contributed by atoms with Gasteiger partial charge in [0.05, 0.1) is 52.6 Å². The minimum absolute atomic E-state index is 0.0190. The minimum Gasteiger partial charge on any atom is -0.498 e. The van der Waals surface area contributed by atoms with Crippen LogP contribution in [0.4, 0.5) is 16.4 Å². The molecule has 1 aliphatic rings. The summed E-state index contributed by atoms with van der Waals surface area (Å²) in [6.07, 6.45) is 5.31. The summed E-state index contributed by atoms with van der Waals surface area (Å²) >= 11 is 5.91. The average Bonchev–Trinajstić information content (AvgIpc) is 2.79. The first kappa shape index (κ1) is 28.2. The van der Waals surface area contributed by atoms with Crippen LogP contribution in [0, 0.1) is 5.92 Å². The number of quaternary nitrogens is 1. The van der Waals surface area contributed by atoms with E-state index in [0.717, 1.165) is 24.3 Å². The number of carbonyl (C=O) groups is 2. The molecule has 2 rings (SSSR count). The highest BCUT2D eigenvalue weighted by Crippen LogP contribution is 2.19. The van der Waals surface area contributed by atoms with Crippen LogP contribution in [0.25, 0.3) is 0 Å². The molecule has 35 heavy (non-hydrogen) atoms. The van der Waals surface area contributed by atoms with Gasteiger partial charge in [-0.05, 0) is 24.5 Å². The van der Waals surface area contributed by atoms with Gasteiger partial charge in [-0.2, -0.15) is 0 Å². The molecule has 1 aromatic heterocycles. The summed E-state index contributed by atoms with van der Waals surface area (Å²) in [5.41, 5.74) is 6.59. The zero-order valence-corrected chi connectivity index (χ0v) is 22.0. The van der Waals surface area contributed by atoms with E-state index >= 15 is 0 Å². The third-order valence-corrected chi connectivity index (χ3v) is 5.60. The number of carbonyl (C=O) groups excluding carboxylic acids is 2. The van der Waals surface area contributed by atoms with Crippen molar-refractivity contribution in [3.63, 3.8) is 0 Å². The Labute approximate surface area is 212 Å². The summed E-state index contributed by atoms with van der Waals surface area (Å²) in [6, 6.07) is -0.233. The predicted molar refractivity (Wildman–Crippen MR) is 138 cm³/mol. The number of rotatable bonds is 12. The van der Waals surface area contributed by atoms with Crippen molar-refractivity contribution in [3.8, 4) is 0 Å². The molecule has 6 N–H and O–H groups in total. The van der Waals surface area contributed by atoms with Crippen molar-refractivity contribution in [2.45, 2.75) is 26.7 Å². The molecule has 12 heteroatoms. The zero-order chi connectivity index (χ0) is 26.0. The largest absolute Gasteiger partial charge is 0.498 e. The Hall–Kier alpha value is -3.05. The zero-order valence-electron chi connectivity index (χ0n) is 21.2. The molecule has 0 saturated carbocycles. The summed E-state index contributed by atoms with van der Waals surface area (Å²) < 4.78 is 6.33. The van der Waals surface area contributed by atoms with E-state index in [-0.39, 0.29) is 28.5 Å². The first-order valence-corrected chi connectivity index (χ1v) is 12.1. The van der Waals surface area contributed by atoms with E-state index in [9.17, 15) is 9.59 Å². The third-order valence-electron chi connectivity index (χ3n) is 5.32. The van der Waals surface area contributed by atoms with Crippen molar-refractivity contribution in [3.05, 3.63) is 34.5 Å². The Morgan fingerprint density at radius 2 is 1.83 bits per heavy atom. The number of ether oxygens (including phenoxy) is 1. The molecule has 0 fully saturated rings. The van der Waals surface area contributed by atoms with Crippen LogP contribution in [0.15, 0.2) is 23.6 Å². The predicted octanol–water partition coefficient (Wildman–Crippen LogP) is 2.09. The highest BCUT2D eigenvalue weighted by Gasteiger charge is 2.20. The van der Waals surface area contributed by atoms with Gasteiger partial charge in [0.25, 0.3) is 5.91 Å². The number of allylic oxidation sites excluding steroid dienone is 4. The van der Waals surface area contributed by atoms with Crippen LogP contribution < -0.4 is 27.0 Å². The number of urea groups is 1. The monoisotopic (exact) mass is 509 g/mol. The van der Waals surface area contributed by atoms with Gasteiger partial charge in [0.15, 0.2) is 22.5 Å². The van der Waals surface area contributed by atoms with Crippen molar-refractivity contribution in [1.29, 1.82) is 0 Å². The number of nitrogen functional groups attached to an aromatic ring is 1. The maximum absolute atomic E-state index is 12.5. The van der Waals surface area contributed by atoms with Gasteiger partial charge in [-0.3, -0.25) is 4.79 Å². The van der Waals surface area contributed by atoms with Crippen LogP contribution in [-0.2, 0) is 4.74 Å². The van der Waals surface area contributed by atoms with E-state index in [1.807, 2.05) is 26.2 Å². The topological polar surface area (TPSA) is 143 Å². The molecule has 1 aromatic rings. The number of hydrogen-bond acceptors (Lipinski definition) is 7.